The summed E-state index contributed by atoms with van der Waals surface area (Å²) in [5.41, 5.74) is 5.87. The van der Waals surface area contributed by atoms with Crippen LogP contribution in [0.3, 0.4) is 0 Å². The lowest BCUT2D eigenvalue weighted by Gasteiger charge is -2.06. The molecule has 0 atom stereocenters. The summed E-state index contributed by atoms with van der Waals surface area (Å²) < 4.78 is 6.27. The molecule has 0 unspecified atom stereocenters. The van der Waals surface area contributed by atoms with Gasteiger partial charge >= 0.3 is 0 Å². The van der Waals surface area contributed by atoms with Crippen LogP contribution in [0.5, 0.6) is 11.6 Å². The molecule has 0 fully saturated rings. The third-order valence-corrected chi connectivity index (χ3v) is 3.05. The molecule has 1 heterocycles. The largest absolute Gasteiger partial charge is 0.436 e. The van der Waals surface area contributed by atoms with Crippen LogP contribution in [0.25, 0.3) is 0 Å². The van der Waals surface area contributed by atoms with Crippen LogP contribution < -0.4 is 10.5 Å². The van der Waals surface area contributed by atoms with Gasteiger partial charge in [-0.15, -0.1) is 0 Å². The monoisotopic (exact) mass is 343 g/mol. The lowest BCUT2D eigenvalue weighted by Crippen LogP contribution is -2.11. The molecule has 0 aliphatic carbocycles. The van der Waals surface area contributed by atoms with Gasteiger partial charge in [-0.2, -0.15) is 0 Å². The van der Waals surface area contributed by atoms with Crippen molar-refractivity contribution in [3.63, 3.8) is 0 Å². The van der Waals surface area contributed by atoms with E-state index in [2.05, 4.69) is 25.9 Å². The summed E-state index contributed by atoms with van der Waals surface area (Å²) in [4.78, 5) is 8.28. The molecule has 2 aromatic rings. The Morgan fingerprint density at radius 3 is 2.67 bits per heavy atom. The van der Waals surface area contributed by atoms with Gasteiger partial charge in [-0.05, 0) is 34.1 Å². The van der Waals surface area contributed by atoms with Crippen molar-refractivity contribution in [3.05, 3.63) is 45.8 Å². The van der Waals surface area contributed by atoms with Gasteiger partial charge in [0.05, 0.1) is 16.9 Å². The number of benzene rings is 1. The van der Waals surface area contributed by atoms with Gasteiger partial charge in [0.1, 0.15) is 16.4 Å². The van der Waals surface area contributed by atoms with E-state index in [4.69, 9.17) is 34.3 Å². The van der Waals surface area contributed by atoms with Crippen LogP contribution in [0.2, 0.25) is 5.02 Å². The fourth-order valence-electron chi connectivity index (χ4n) is 1.17. The highest BCUT2D eigenvalue weighted by Crippen LogP contribution is 2.30. The van der Waals surface area contributed by atoms with Crippen LogP contribution in [-0.2, 0) is 0 Å². The Balaban J connectivity index is 2.21. The minimum atomic E-state index is 0.196. The highest BCUT2D eigenvalue weighted by Gasteiger charge is 2.05. The average molecular weight is 345 g/mol. The number of aromatic nitrogens is 2. The molecule has 0 saturated carbocycles. The van der Waals surface area contributed by atoms with Crippen molar-refractivity contribution in [1.29, 1.82) is 0 Å². The smallest absolute Gasteiger partial charge is 0.237 e. The van der Waals surface area contributed by atoms with Crippen molar-refractivity contribution in [2.24, 2.45) is 5.73 Å². The SMILES string of the molecule is NC(=S)c1cnc(Oc2ccc(Cl)cc2Br)cn1. The van der Waals surface area contributed by atoms with Crippen molar-refractivity contribution in [2.75, 3.05) is 0 Å². The Bertz CT molecular complexity index is 591. The van der Waals surface area contributed by atoms with Gasteiger partial charge in [-0.3, -0.25) is 0 Å². The molecule has 1 aromatic heterocycles. The number of rotatable bonds is 3. The van der Waals surface area contributed by atoms with Crippen LogP contribution >= 0.6 is 39.7 Å². The summed E-state index contributed by atoms with van der Waals surface area (Å²) in [6.45, 7) is 0. The number of thiocarbonyl (C=S) groups is 1. The first-order chi connectivity index (χ1) is 8.56. The predicted molar refractivity (Wildman–Crippen MR) is 77.1 cm³/mol. The number of nitrogens with zero attached hydrogens (tertiary/aromatic N) is 2. The zero-order chi connectivity index (χ0) is 13.1. The first kappa shape index (κ1) is 13.2. The topological polar surface area (TPSA) is 61.0 Å². The highest BCUT2D eigenvalue weighted by molar-refractivity contribution is 9.10. The predicted octanol–water partition coefficient (Wildman–Crippen LogP) is 3.32. The van der Waals surface area contributed by atoms with Crippen LogP contribution in [0.15, 0.2) is 35.1 Å². The minimum absolute atomic E-state index is 0.196. The number of ether oxygens (including phenoxy) is 1. The van der Waals surface area contributed by atoms with Gasteiger partial charge in [-0.25, -0.2) is 9.97 Å². The molecule has 0 bridgehead atoms. The van der Waals surface area contributed by atoms with E-state index in [1.807, 2.05) is 0 Å². The first-order valence-corrected chi connectivity index (χ1v) is 6.39. The van der Waals surface area contributed by atoms with Gasteiger partial charge in [0.2, 0.25) is 5.88 Å². The van der Waals surface area contributed by atoms with Crippen LogP contribution in [0.4, 0.5) is 0 Å². The summed E-state index contributed by atoms with van der Waals surface area (Å²) in [5, 5.41) is 0.615. The molecule has 92 valence electrons. The Morgan fingerprint density at radius 2 is 2.11 bits per heavy atom. The molecule has 7 heteroatoms. The summed E-state index contributed by atoms with van der Waals surface area (Å²) in [6.07, 6.45) is 2.91. The molecule has 0 spiro atoms. The van der Waals surface area contributed by atoms with Crippen molar-refractivity contribution < 1.29 is 4.74 Å². The van der Waals surface area contributed by atoms with E-state index in [-0.39, 0.29) is 4.99 Å². The van der Waals surface area contributed by atoms with Gasteiger partial charge in [0, 0.05) is 5.02 Å². The van der Waals surface area contributed by atoms with Crippen LogP contribution in [-0.4, -0.2) is 15.0 Å². The summed E-state index contributed by atoms with van der Waals surface area (Å²) >= 11 is 14.0. The van der Waals surface area contributed by atoms with E-state index in [0.717, 1.165) is 4.47 Å². The summed E-state index contributed by atoms with van der Waals surface area (Å²) in [6, 6.07) is 5.18. The maximum absolute atomic E-state index is 5.83. The molecule has 4 nitrogen and oxygen atoms in total. The van der Waals surface area contributed by atoms with Gasteiger partial charge in [0.25, 0.3) is 0 Å². The second-order valence-corrected chi connectivity index (χ2v) is 5.01. The quantitative estimate of drug-likeness (QED) is 0.866. The highest BCUT2D eigenvalue weighted by atomic mass is 79.9. The second kappa shape index (κ2) is 5.60. The molecular weight excluding hydrogens is 338 g/mol. The lowest BCUT2D eigenvalue weighted by atomic mass is 10.3. The van der Waals surface area contributed by atoms with E-state index in [1.54, 1.807) is 18.2 Å². The molecular formula is C11H7BrClN3OS. The summed E-state index contributed by atoms with van der Waals surface area (Å²) in [7, 11) is 0. The standard InChI is InChI=1S/C11H7BrClN3OS/c12-7-3-6(13)1-2-9(7)17-10-5-15-8(4-16-10)11(14)18/h1-5H,(H2,14,18). The van der Waals surface area contributed by atoms with Crippen LogP contribution in [0.1, 0.15) is 5.69 Å². The van der Waals surface area contributed by atoms with Gasteiger partial charge in [-0.1, -0.05) is 23.8 Å². The number of hydrogen-bond donors (Lipinski definition) is 1. The van der Waals surface area contributed by atoms with E-state index >= 15 is 0 Å². The molecule has 0 amide bonds. The van der Waals surface area contributed by atoms with E-state index < -0.39 is 0 Å². The average Bonchev–Trinajstić information content (AvgIpc) is 2.33. The van der Waals surface area contributed by atoms with Crippen molar-refractivity contribution >= 4 is 44.7 Å². The molecule has 2 N–H and O–H groups in total. The Morgan fingerprint density at radius 1 is 1.33 bits per heavy atom. The molecule has 1 aromatic carbocycles. The van der Waals surface area contributed by atoms with Crippen molar-refractivity contribution in [3.8, 4) is 11.6 Å². The minimum Gasteiger partial charge on any atom is -0.436 e. The number of halogens is 2. The summed E-state index contributed by atoms with van der Waals surface area (Å²) in [5.74, 6) is 0.940. The Hall–Kier alpha value is -1.24. The number of hydrogen-bond acceptors (Lipinski definition) is 4. The maximum atomic E-state index is 5.83. The second-order valence-electron chi connectivity index (χ2n) is 3.28. The van der Waals surface area contributed by atoms with Crippen LogP contribution in [0, 0.1) is 0 Å². The lowest BCUT2D eigenvalue weighted by molar-refractivity contribution is 0.457. The number of nitrogens with two attached hydrogens (primary N) is 1. The Kier molecular flexibility index (Phi) is 4.11. The molecule has 0 saturated heterocycles. The van der Waals surface area contributed by atoms with Gasteiger partial charge in [0.15, 0.2) is 0 Å². The molecule has 0 radical (unpaired) electrons. The molecule has 0 aliphatic rings. The van der Waals surface area contributed by atoms with E-state index in [1.165, 1.54) is 12.4 Å². The molecule has 18 heavy (non-hydrogen) atoms. The normalized spacial score (nSPS) is 10.1. The van der Waals surface area contributed by atoms with Crippen molar-refractivity contribution in [2.45, 2.75) is 0 Å². The zero-order valence-electron chi connectivity index (χ0n) is 8.93. The first-order valence-electron chi connectivity index (χ1n) is 4.81. The maximum Gasteiger partial charge on any atom is 0.237 e. The molecule has 0 aliphatic heterocycles. The zero-order valence-corrected chi connectivity index (χ0v) is 12.1. The molecule has 2 rings (SSSR count). The van der Waals surface area contributed by atoms with E-state index in [0.29, 0.717) is 22.3 Å². The van der Waals surface area contributed by atoms with Crippen molar-refractivity contribution in [1.82, 2.24) is 9.97 Å². The Labute approximate surface area is 122 Å². The van der Waals surface area contributed by atoms with E-state index in [9.17, 15) is 0 Å². The fourth-order valence-corrected chi connectivity index (χ4v) is 2.04. The third kappa shape index (κ3) is 3.16. The third-order valence-electron chi connectivity index (χ3n) is 1.99. The fraction of sp³-hybridized carbons (Fsp3) is 0. The van der Waals surface area contributed by atoms with Gasteiger partial charge < -0.3 is 10.5 Å².